The molecule has 0 unspecified atom stereocenters. The summed E-state index contributed by atoms with van der Waals surface area (Å²) in [6, 6.07) is 9.56. The van der Waals surface area contributed by atoms with E-state index in [9.17, 15) is 4.79 Å². The Kier molecular flexibility index (Phi) is 2.49. The van der Waals surface area contributed by atoms with Crippen LogP contribution in [0.3, 0.4) is 0 Å². The van der Waals surface area contributed by atoms with E-state index in [4.69, 9.17) is 0 Å². The van der Waals surface area contributed by atoms with Crippen LogP contribution in [0, 0.1) is 0 Å². The summed E-state index contributed by atoms with van der Waals surface area (Å²) in [6.45, 7) is 0. The smallest absolute Gasteiger partial charge is 0.211 e. The van der Waals surface area contributed by atoms with Crippen LogP contribution in [0.2, 0.25) is 0 Å². The minimum atomic E-state index is 0.669. The number of benzene rings is 1. The van der Waals surface area contributed by atoms with Crippen molar-refractivity contribution < 1.29 is 4.79 Å². The number of amides is 1. The molecule has 1 aromatic heterocycles. The normalized spacial score (nSPS) is 9.93. The molecular weight excluding hydrogens is 190 g/mol. The Balaban J connectivity index is 2.41. The Hall–Kier alpha value is -2.10. The second-order valence-corrected chi connectivity index (χ2v) is 3.18. The van der Waals surface area contributed by atoms with Crippen LogP contribution in [0.4, 0.5) is 5.69 Å². The maximum absolute atomic E-state index is 10.3. The van der Waals surface area contributed by atoms with Gasteiger partial charge in [0.1, 0.15) is 0 Å². The van der Waals surface area contributed by atoms with Gasteiger partial charge in [-0.25, -0.2) is 0 Å². The number of aryl methyl sites for hydroxylation is 1. The molecule has 4 nitrogen and oxygen atoms in total. The molecule has 0 saturated carbocycles. The minimum absolute atomic E-state index is 0.669. The molecule has 0 aliphatic heterocycles. The van der Waals surface area contributed by atoms with Crippen LogP contribution in [0.15, 0.2) is 36.5 Å². The zero-order valence-electron chi connectivity index (χ0n) is 8.34. The number of aromatic nitrogens is 2. The Bertz CT molecular complexity index is 476. The van der Waals surface area contributed by atoms with Crippen molar-refractivity contribution >= 4 is 12.1 Å². The van der Waals surface area contributed by atoms with E-state index in [2.05, 4.69) is 10.4 Å². The van der Waals surface area contributed by atoms with Crippen LogP contribution in [0.25, 0.3) is 11.3 Å². The van der Waals surface area contributed by atoms with E-state index in [0.29, 0.717) is 6.41 Å². The van der Waals surface area contributed by atoms with Crippen molar-refractivity contribution in [1.29, 1.82) is 0 Å². The molecule has 1 aromatic carbocycles. The first-order chi connectivity index (χ1) is 7.31. The van der Waals surface area contributed by atoms with Gasteiger partial charge in [-0.15, -0.1) is 0 Å². The van der Waals surface area contributed by atoms with Gasteiger partial charge in [-0.3, -0.25) is 9.48 Å². The first-order valence-corrected chi connectivity index (χ1v) is 4.60. The van der Waals surface area contributed by atoms with Crippen molar-refractivity contribution in [2.24, 2.45) is 7.05 Å². The first-order valence-electron chi connectivity index (χ1n) is 4.60. The molecule has 0 aliphatic carbocycles. The summed E-state index contributed by atoms with van der Waals surface area (Å²) in [7, 11) is 1.88. The Labute approximate surface area is 87.5 Å². The molecule has 15 heavy (non-hydrogen) atoms. The van der Waals surface area contributed by atoms with E-state index in [1.54, 1.807) is 10.9 Å². The number of carbonyl (C=O) groups excluding carboxylic acids is 1. The predicted molar refractivity (Wildman–Crippen MR) is 58.3 cm³/mol. The lowest BCUT2D eigenvalue weighted by Gasteiger charge is -2.04. The summed E-state index contributed by atoms with van der Waals surface area (Å²) in [5.41, 5.74) is 2.83. The van der Waals surface area contributed by atoms with Crippen LogP contribution >= 0.6 is 0 Å². The standard InChI is InChI=1S/C11H11N3O/c1-14-11(5-6-13-14)9-3-2-4-10(7-9)12-8-15/h2-8H,1H3,(H,12,15). The minimum Gasteiger partial charge on any atom is -0.329 e. The van der Waals surface area contributed by atoms with Crippen molar-refractivity contribution in [2.75, 3.05) is 5.32 Å². The number of anilines is 1. The SMILES string of the molecule is Cn1nccc1-c1cccc(NC=O)c1. The van der Waals surface area contributed by atoms with Crippen LogP contribution in [0.1, 0.15) is 0 Å². The molecular formula is C11H11N3O. The number of rotatable bonds is 3. The molecule has 0 saturated heterocycles. The Morgan fingerprint density at radius 1 is 1.40 bits per heavy atom. The maximum Gasteiger partial charge on any atom is 0.211 e. The van der Waals surface area contributed by atoms with E-state index in [0.717, 1.165) is 16.9 Å². The van der Waals surface area contributed by atoms with E-state index in [-0.39, 0.29) is 0 Å². The summed E-state index contributed by atoms with van der Waals surface area (Å²) in [5, 5.41) is 6.71. The average Bonchev–Trinajstić information content (AvgIpc) is 2.65. The summed E-state index contributed by atoms with van der Waals surface area (Å²) in [6.07, 6.45) is 2.41. The van der Waals surface area contributed by atoms with E-state index < -0.39 is 0 Å². The molecule has 76 valence electrons. The maximum atomic E-state index is 10.3. The number of hydrogen-bond acceptors (Lipinski definition) is 2. The quantitative estimate of drug-likeness (QED) is 0.767. The van der Waals surface area contributed by atoms with Gasteiger partial charge < -0.3 is 5.32 Å². The third kappa shape index (κ3) is 1.88. The lowest BCUT2D eigenvalue weighted by Crippen LogP contribution is -1.96. The molecule has 1 amide bonds. The highest BCUT2D eigenvalue weighted by molar-refractivity contribution is 5.74. The fourth-order valence-electron chi connectivity index (χ4n) is 1.49. The number of carbonyl (C=O) groups is 1. The second-order valence-electron chi connectivity index (χ2n) is 3.18. The van der Waals surface area contributed by atoms with Gasteiger partial charge in [-0.05, 0) is 18.2 Å². The van der Waals surface area contributed by atoms with Gasteiger partial charge in [0.25, 0.3) is 0 Å². The van der Waals surface area contributed by atoms with Gasteiger partial charge in [0.15, 0.2) is 0 Å². The van der Waals surface area contributed by atoms with Gasteiger partial charge in [0.2, 0.25) is 6.41 Å². The van der Waals surface area contributed by atoms with Gasteiger partial charge in [-0.1, -0.05) is 12.1 Å². The average molecular weight is 201 g/mol. The molecule has 0 atom stereocenters. The number of hydrogen-bond donors (Lipinski definition) is 1. The Morgan fingerprint density at radius 3 is 2.93 bits per heavy atom. The third-order valence-corrected chi connectivity index (χ3v) is 2.20. The van der Waals surface area contributed by atoms with Gasteiger partial charge in [0, 0.05) is 24.5 Å². The highest BCUT2D eigenvalue weighted by Crippen LogP contribution is 2.21. The van der Waals surface area contributed by atoms with Crippen LogP contribution in [0.5, 0.6) is 0 Å². The van der Waals surface area contributed by atoms with E-state index >= 15 is 0 Å². The summed E-state index contributed by atoms with van der Waals surface area (Å²) in [5.74, 6) is 0. The zero-order valence-corrected chi connectivity index (χ0v) is 8.34. The third-order valence-electron chi connectivity index (χ3n) is 2.20. The van der Waals surface area contributed by atoms with E-state index in [1.165, 1.54) is 0 Å². The second kappa shape index (κ2) is 3.96. The molecule has 0 fully saturated rings. The molecule has 1 heterocycles. The van der Waals surface area contributed by atoms with Crippen molar-refractivity contribution in [2.45, 2.75) is 0 Å². The van der Waals surface area contributed by atoms with Crippen molar-refractivity contribution in [1.82, 2.24) is 9.78 Å². The van der Waals surface area contributed by atoms with Gasteiger partial charge in [-0.2, -0.15) is 5.10 Å². The van der Waals surface area contributed by atoms with Crippen LogP contribution in [-0.2, 0) is 11.8 Å². The number of nitrogens with one attached hydrogen (secondary N) is 1. The fraction of sp³-hybridized carbons (Fsp3) is 0.0909. The van der Waals surface area contributed by atoms with Crippen molar-refractivity contribution in [3.63, 3.8) is 0 Å². The lowest BCUT2D eigenvalue weighted by atomic mass is 10.1. The van der Waals surface area contributed by atoms with Crippen LogP contribution in [-0.4, -0.2) is 16.2 Å². The van der Waals surface area contributed by atoms with Gasteiger partial charge >= 0.3 is 0 Å². The molecule has 0 radical (unpaired) electrons. The summed E-state index contributed by atoms with van der Waals surface area (Å²) in [4.78, 5) is 10.3. The predicted octanol–water partition coefficient (Wildman–Crippen LogP) is 1.66. The fourth-order valence-corrected chi connectivity index (χ4v) is 1.49. The Morgan fingerprint density at radius 2 is 2.27 bits per heavy atom. The summed E-state index contributed by atoms with van der Waals surface area (Å²) < 4.78 is 1.79. The monoisotopic (exact) mass is 201 g/mol. The molecule has 2 rings (SSSR count). The first kappa shape index (κ1) is 9.45. The molecule has 0 bridgehead atoms. The van der Waals surface area contributed by atoms with Crippen molar-refractivity contribution in [3.05, 3.63) is 36.5 Å². The largest absolute Gasteiger partial charge is 0.329 e. The highest BCUT2D eigenvalue weighted by atomic mass is 16.1. The van der Waals surface area contributed by atoms with Gasteiger partial charge in [0.05, 0.1) is 5.69 Å². The topological polar surface area (TPSA) is 46.9 Å². The molecule has 0 spiro atoms. The summed E-state index contributed by atoms with van der Waals surface area (Å²) >= 11 is 0. The van der Waals surface area contributed by atoms with Crippen LogP contribution < -0.4 is 5.32 Å². The van der Waals surface area contributed by atoms with E-state index in [1.807, 2.05) is 37.4 Å². The molecule has 2 aromatic rings. The molecule has 0 aliphatic rings. The molecule has 4 heteroatoms. The zero-order chi connectivity index (χ0) is 10.7. The van der Waals surface area contributed by atoms with Crippen molar-refractivity contribution in [3.8, 4) is 11.3 Å². The highest BCUT2D eigenvalue weighted by Gasteiger charge is 2.02. The lowest BCUT2D eigenvalue weighted by molar-refractivity contribution is -0.105. The molecule has 1 N–H and O–H groups in total. The number of nitrogens with zero attached hydrogens (tertiary/aromatic N) is 2.